The standard InChI is InChI=1S/C47H47FN4O6Si/c1-32-45(59(2,3)48)43(26-44(56)49-28-35-13-11-10-12-34(35)24-40(49)29-53)58-47(32)41-25-39(52(31-55)37-16-8-5-9-17-37)22-23-42(41)50(46(47)57)27-33-18-20-38(21-19-33)51(30-54)36-14-6-4-7-15-36/h4-23,25,30-32,40,43,45,53H,24,26-29H2,1-3H3/t32-,40-,43+,45-,47+/m0/s1. The van der Waals surface area contributed by atoms with Gasteiger partial charge in [-0.2, -0.15) is 0 Å². The van der Waals surface area contributed by atoms with Crippen LogP contribution in [0.15, 0.2) is 127 Å². The highest BCUT2D eigenvalue weighted by atomic mass is 28.4. The maximum absolute atomic E-state index is 16.8. The Kier molecular flexibility index (Phi) is 10.8. The van der Waals surface area contributed by atoms with E-state index in [1.54, 1.807) is 41.1 Å². The third kappa shape index (κ3) is 7.15. The minimum absolute atomic E-state index is 0.141. The van der Waals surface area contributed by atoms with Gasteiger partial charge in [-0.1, -0.05) is 79.7 Å². The molecule has 12 heteroatoms. The molecule has 10 nitrogen and oxygen atoms in total. The molecule has 0 saturated carbocycles. The number of anilines is 5. The largest absolute Gasteiger partial charge is 0.394 e. The van der Waals surface area contributed by atoms with Crippen LogP contribution in [-0.2, 0) is 49.0 Å². The number of para-hydroxylation sites is 2. The molecule has 1 saturated heterocycles. The molecule has 3 aliphatic heterocycles. The van der Waals surface area contributed by atoms with E-state index >= 15 is 8.90 Å². The number of aliphatic hydroxyl groups excluding tert-OH is 1. The summed E-state index contributed by atoms with van der Waals surface area (Å²) in [5, 5.41) is 10.4. The summed E-state index contributed by atoms with van der Waals surface area (Å²) in [6.45, 7) is 5.26. The summed E-state index contributed by atoms with van der Waals surface area (Å²) in [4.78, 5) is 60.8. The van der Waals surface area contributed by atoms with Gasteiger partial charge in [-0.05, 0) is 90.8 Å². The normalized spacial score (nSPS) is 22.2. The first-order valence-electron chi connectivity index (χ1n) is 20.0. The molecule has 1 N–H and O–H groups in total. The maximum Gasteiger partial charge on any atom is 0.264 e. The van der Waals surface area contributed by atoms with Crippen molar-refractivity contribution in [2.24, 2.45) is 5.92 Å². The van der Waals surface area contributed by atoms with Gasteiger partial charge in [-0.25, -0.2) is 0 Å². The number of carbonyl (C=O) groups excluding carboxylic acids is 4. The lowest BCUT2D eigenvalue weighted by Crippen LogP contribution is -2.48. The summed E-state index contributed by atoms with van der Waals surface area (Å²) in [5.41, 5.74) is 3.97. The lowest BCUT2D eigenvalue weighted by molar-refractivity contribution is -0.151. The van der Waals surface area contributed by atoms with Gasteiger partial charge in [-0.15, -0.1) is 0 Å². The number of nitrogens with zero attached hydrogens (tertiary/aromatic N) is 4. The maximum atomic E-state index is 16.8. The van der Waals surface area contributed by atoms with Gasteiger partial charge in [0, 0.05) is 46.3 Å². The molecule has 1 spiro atoms. The van der Waals surface area contributed by atoms with Gasteiger partial charge in [-0.3, -0.25) is 29.0 Å². The Hall–Kier alpha value is -5.95. The van der Waals surface area contributed by atoms with E-state index < -0.39 is 37.6 Å². The Morgan fingerprint density at radius 2 is 1.39 bits per heavy atom. The highest BCUT2D eigenvalue weighted by molar-refractivity contribution is 6.72. The summed E-state index contributed by atoms with van der Waals surface area (Å²) < 4.78 is 23.8. The highest BCUT2D eigenvalue weighted by Gasteiger charge is 2.67. The van der Waals surface area contributed by atoms with Crippen LogP contribution in [0.25, 0.3) is 0 Å². The fourth-order valence-corrected chi connectivity index (χ4v) is 12.0. The smallest absolute Gasteiger partial charge is 0.264 e. The van der Waals surface area contributed by atoms with Crippen LogP contribution in [-0.4, -0.2) is 61.8 Å². The average Bonchev–Trinajstić information content (AvgIpc) is 3.67. The molecule has 302 valence electrons. The Labute approximate surface area is 344 Å². The number of hydrogen-bond acceptors (Lipinski definition) is 6. The lowest BCUT2D eigenvalue weighted by Gasteiger charge is -2.37. The van der Waals surface area contributed by atoms with Gasteiger partial charge in [0.15, 0.2) is 5.60 Å². The van der Waals surface area contributed by atoms with Crippen LogP contribution in [0.2, 0.25) is 18.6 Å². The second kappa shape index (κ2) is 16.0. The van der Waals surface area contributed by atoms with Crippen LogP contribution in [0, 0.1) is 5.92 Å². The quantitative estimate of drug-likeness (QED) is 0.0779. The first-order chi connectivity index (χ1) is 28.5. The summed E-state index contributed by atoms with van der Waals surface area (Å²) in [6, 6.07) is 38.5. The van der Waals surface area contributed by atoms with E-state index in [2.05, 4.69) is 0 Å². The fourth-order valence-electron chi connectivity index (χ4n) is 9.54. The molecule has 0 unspecified atom stereocenters. The predicted octanol–water partition coefficient (Wildman–Crippen LogP) is 7.93. The Morgan fingerprint density at radius 3 is 1.98 bits per heavy atom. The zero-order valence-corrected chi connectivity index (χ0v) is 34.3. The summed E-state index contributed by atoms with van der Waals surface area (Å²) >= 11 is 0. The second-order valence-corrected chi connectivity index (χ2v) is 20.0. The number of carbonyl (C=O) groups is 4. The van der Waals surface area contributed by atoms with E-state index in [4.69, 9.17) is 4.74 Å². The first kappa shape index (κ1) is 39.9. The van der Waals surface area contributed by atoms with Gasteiger partial charge in [0.1, 0.15) is 0 Å². The van der Waals surface area contributed by atoms with Crippen LogP contribution < -0.4 is 14.7 Å². The van der Waals surface area contributed by atoms with Gasteiger partial charge in [0.2, 0.25) is 27.1 Å². The zero-order valence-electron chi connectivity index (χ0n) is 33.3. The second-order valence-electron chi connectivity index (χ2n) is 16.2. The SMILES string of the molecule is C[C@H]1[C@H]([Si](C)(C)F)[C@@H](CC(=O)N2Cc3ccccc3C[C@H]2CO)O[C@]12C(=O)N(Cc1ccc(N(C=O)c3ccccc3)cc1)c1ccc(N(C=O)c3ccccc3)cc12. The van der Waals surface area contributed by atoms with Gasteiger partial charge >= 0.3 is 0 Å². The molecule has 0 aliphatic carbocycles. The molecule has 8 rings (SSSR count). The van der Waals surface area contributed by atoms with E-state index in [1.165, 1.54) is 9.80 Å². The topological polar surface area (TPSA) is 111 Å². The van der Waals surface area contributed by atoms with Crippen LogP contribution in [0.3, 0.4) is 0 Å². The van der Waals surface area contributed by atoms with Crippen molar-refractivity contribution < 1.29 is 33.1 Å². The number of hydrogen-bond donors (Lipinski definition) is 1. The van der Waals surface area contributed by atoms with Gasteiger partial charge in [0.05, 0.1) is 37.4 Å². The molecule has 0 aromatic heterocycles. The third-order valence-electron chi connectivity index (χ3n) is 12.3. The van der Waals surface area contributed by atoms with Crippen LogP contribution >= 0.6 is 0 Å². The first-order valence-corrected chi connectivity index (χ1v) is 22.9. The highest BCUT2D eigenvalue weighted by Crippen LogP contribution is 2.61. The minimum Gasteiger partial charge on any atom is -0.394 e. The van der Waals surface area contributed by atoms with Crippen LogP contribution in [0.4, 0.5) is 32.5 Å². The predicted molar refractivity (Wildman–Crippen MR) is 228 cm³/mol. The molecular weight excluding hydrogens is 764 g/mol. The summed E-state index contributed by atoms with van der Waals surface area (Å²) in [6.07, 6.45) is 0.856. The number of amides is 4. The van der Waals surface area contributed by atoms with Crippen molar-refractivity contribution in [2.45, 2.75) is 69.2 Å². The van der Waals surface area contributed by atoms with Crippen LogP contribution in [0.5, 0.6) is 0 Å². The van der Waals surface area contributed by atoms with Crippen molar-refractivity contribution >= 4 is 61.5 Å². The summed E-state index contributed by atoms with van der Waals surface area (Å²) in [7, 11) is -3.65. The summed E-state index contributed by atoms with van der Waals surface area (Å²) in [5.74, 6) is -1.34. The zero-order chi connectivity index (χ0) is 41.5. The monoisotopic (exact) mass is 810 g/mol. The molecule has 1 fully saturated rings. The molecule has 59 heavy (non-hydrogen) atoms. The fraction of sp³-hybridized carbons (Fsp3) is 0.277. The molecule has 5 aromatic rings. The molecule has 3 heterocycles. The van der Waals surface area contributed by atoms with Crippen molar-refractivity contribution in [3.8, 4) is 0 Å². The number of rotatable bonds is 12. The van der Waals surface area contributed by atoms with Crippen molar-refractivity contribution in [1.29, 1.82) is 0 Å². The number of benzene rings is 5. The van der Waals surface area contributed by atoms with E-state index in [-0.39, 0.29) is 31.4 Å². The Balaban J connectivity index is 1.17. The Bertz CT molecular complexity index is 2360. The van der Waals surface area contributed by atoms with Gasteiger partial charge in [0.25, 0.3) is 5.91 Å². The molecule has 0 bridgehead atoms. The third-order valence-corrected chi connectivity index (χ3v) is 14.8. The van der Waals surface area contributed by atoms with E-state index in [1.807, 2.05) is 116 Å². The lowest BCUT2D eigenvalue weighted by atomic mass is 9.82. The van der Waals surface area contributed by atoms with Crippen molar-refractivity contribution in [3.63, 3.8) is 0 Å². The molecule has 4 amide bonds. The minimum atomic E-state index is -3.65. The Morgan fingerprint density at radius 1 is 0.831 bits per heavy atom. The molecule has 0 radical (unpaired) electrons. The van der Waals surface area contributed by atoms with Gasteiger partial charge < -0.3 is 23.8 Å². The molecule has 5 atom stereocenters. The number of halogens is 1. The number of ether oxygens (including phenoxy) is 1. The van der Waals surface area contributed by atoms with Crippen molar-refractivity contribution in [2.75, 3.05) is 21.3 Å². The average molecular weight is 811 g/mol. The molecular formula is C47H47FN4O6Si. The number of fused-ring (bicyclic) bond motifs is 3. The number of aliphatic hydroxyl groups is 1. The van der Waals surface area contributed by atoms with E-state index in [0.717, 1.165) is 23.1 Å². The van der Waals surface area contributed by atoms with E-state index in [9.17, 15) is 19.5 Å². The van der Waals surface area contributed by atoms with Crippen molar-refractivity contribution in [1.82, 2.24) is 4.90 Å². The van der Waals surface area contributed by atoms with Crippen molar-refractivity contribution in [3.05, 3.63) is 150 Å². The van der Waals surface area contributed by atoms with E-state index in [0.29, 0.717) is 53.4 Å². The molecule has 3 aliphatic rings. The van der Waals surface area contributed by atoms with Crippen LogP contribution in [0.1, 0.15) is 35.6 Å². The molecule has 5 aromatic carbocycles.